The van der Waals surface area contributed by atoms with Crippen LogP contribution in [0.2, 0.25) is 0 Å². The van der Waals surface area contributed by atoms with Gasteiger partial charge in [0.1, 0.15) is 4.90 Å². The Kier molecular flexibility index (Phi) is 4.67. The maximum atomic E-state index is 12.3. The van der Waals surface area contributed by atoms with Gasteiger partial charge in [0.2, 0.25) is 10.0 Å². The number of nitrogens with one attached hydrogen (secondary N) is 1. The van der Waals surface area contributed by atoms with Crippen LogP contribution in [-0.2, 0) is 14.8 Å². The molecular formula is C14H22N2O3S. The summed E-state index contributed by atoms with van der Waals surface area (Å²) in [6.07, 6.45) is 3.18. The average Bonchev–Trinajstić information content (AvgIpc) is 2.86. The molecule has 5 nitrogen and oxygen atoms in total. The number of para-hydroxylation sites is 1. The van der Waals surface area contributed by atoms with E-state index in [-0.39, 0.29) is 12.1 Å². The number of rotatable bonds is 5. The molecule has 0 aromatic heterocycles. The molecule has 1 saturated carbocycles. The van der Waals surface area contributed by atoms with Gasteiger partial charge in [0.05, 0.1) is 11.8 Å². The lowest BCUT2D eigenvalue weighted by Crippen LogP contribution is -2.25. The van der Waals surface area contributed by atoms with Crippen molar-refractivity contribution >= 4 is 15.7 Å². The molecule has 6 heteroatoms. The molecule has 0 amide bonds. The van der Waals surface area contributed by atoms with E-state index < -0.39 is 10.0 Å². The molecule has 0 bridgehead atoms. The highest BCUT2D eigenvalue weighted by atomic mass is 32.2. The van der Waals surface area contributed by atoms with Crippen molar-refractivity contribution in [3.63, 3.8) is 0 Å². The van der Waals surface area contributed by atoms with Gasteiger partial charge in [-0.25, -0.2) is 12.7 Å². The monoisotopic (exact) mass is 298 g/mol. The molecule has 2 atom stereocenters. The fraction of sp³-hybridized carbons (Fsp3) is 0.571. The maximum Gasteiger partial charge on any atom is 0.244 e. The first-order chi connectivity index (χ1) is 9.45. The standard InChI is InChI=1S/C14H22N2O3S/c1-16(2)20(17,18)14-7-5-4-6-13(14)15-11-8-9-12(10-11)19-3/h4-7,11-12,15H,8-10H2,1-3H3. The molecule has 0 spiro atoms. The Morgan fingerprint density at radius 2 is 1.95 bits per heavy atom. The second-order valence-electron chi connectivity index (χ2n) is 5.30. The lowest BCUT2D eigenvalue weighted by Gasteiger charge is -2.19. The predicted molar refractivity (Wildman–Crippen MR) is 79.4 cm³/mol. The zero-order chi connectivity index (χ0) is 14.8. The van der Waals surface area contributed by atoms with Gasteiger partial charge in [-0.1, -0.05) is 12.1 Å². The largest absolute Gasteiger partial charge is 0.381 e. The number of benzene rings is 1. The van der Waals surface area contributed by atoms with Gasteiger partial charge in [0, 0.05) is 27.2 Å². The molecule has 1 aliphatic carbocycles. The van der Waals surface area contributed by atoms with Gasteiger partial charge >= 0.3 is 0 Å². The lowest BCUT2D eigenvalue weighted by atomic mass is 10.2. The van der Waals surface area contributed by atoms with E-state index in [1.807, 2.05) is 12.1 Å². The average molecular weight is 298 g/mol. The van der Waals surface area contributed by atoms with Crippen LogP contribution in [0.5, 0.6) is 0 Å². The van der Waals surface area contributed by atoms with E-state index in [0.717, 1.165) is 19.3 Å². The van der Waals surface area contributed by atoms with Crippen molar-refractivity contribution in [3.8, 4) is 0 Å². The Labute approximate surface area is 121 Å². The molecular weight excluding hydrogens is 276 g/mol. The zero-order valence-electron chi connectivity index (χ0n) is 12.2. The first-order valence-electron chi connectivity index (χ1n) is 6.76. The minimum atomic E-state index is -3.43. The molecule has 1 aliphatic rings. The van der Waals surface area contributed by atoms with Crippen LogP contribution < -0.4 is 5.32 Å². The quantitative estimate of drug-likeness (QED) is 0.902. The number of methoxy groups -OCH3 is 1. The maximum absolute atomic E-state index is 12.3. The normalized spacial score (nSPS) is 23.2. The summed E-state index contributed by atoms with van der Waals surface area (Å²) in [5.74, 6) is 0. The van der Waals surface area contributed by atoms with Crippen LogP contribution in [0.25, 0.3) is 0 Å². The molecule has 0 saturated heterocycles. The van der Waals surface area contributed by atoms with Crippen molar-refractivity contribution in [2.24, 2.45) is 0 Å². The second-order valence-corrected chi connectivity index (χ2v) is 7.42. The predicted octanol–water partition coefficient (Wildman–Crippen LogP) is 1.92. The number of nitrogens with zero attached hydrogens (tertiary/aromatic N) is 1. The summed E-state index contributed by atoms with van der Waals surface area (Å²) < 4.78 is 31.2. The van der Waals surface area contributed by atoms with Gasteiger partial charge in [-0.15, -0.1) is 0 Å². The summed E-state index contributed by atoms with van der Waals surface area (Å²) >= 11 is 0. The zero-order valence-corrected chi connectivity index (χ0v) is 13.0. The Hall–Kier alpha value is -1.11. The molecule has 2 rings (SSSR count). The number of hydrogen-bond acceptors (Lipinski definition) is 4. The Balaban J connectivity index is 2.21. The van der Waals surface area contributed by atoms with Gasteiger partial charge < -0.3 is 10.1 Å². The van der Waals surface area contributed by atoms with Crippen LogP contribution >= 0.6 is 0 Å². The summed E-state index contributed by atoms with van der Waals surface area (Å²) in [6, 6.07) is 7.31. The molecule has 112 valence electrons. The molecule has 1 aromatic rings. The Bertz CT molecular complexity index is 557. The molecule has 0 radical (unpaired) electrons. The van der Waals surface area contributed by atoms with Crippen molar-refractivity contribution in [2.45, 2.75) is 36.3 Å². The molecule has 20 heavy (non-hydrogen) atoms. The van der Waals surface area contributed by atoms with E-state index >= 15 is 0 Å². The van der Waals surface area contributed by atoms with Crippen molar-refractivity contribution in [3.05, 3.63) is 24.3 Å². The number of sulfonamides is 1. The molecule has 1 N–H and O–H groups in total. The van der Waals surface area contributed by atoms with Gasteiger partial charge in [0.15, 0.2) is 0 Å². The summed E-state index contributed by atoms with van der Waals surface area (Å²) in [5.41, 5.74) is 0.669. The summed E-state index contributed by atoms with van der Waals surface area (Å²) in [5, 5.41) is 3.35. The van der Waals surface area contributed by atoms with Crippen LogP contribution in [-0.4, -0.2) is 46.1 Å². The first-order valence-corrected chi connectivity index (χ1v) is 8.20. The second kappa shape index (κ2) is 6.11. The topological polar surface area (TPSA) is 58.6 Å². The van der Waals surface area contributed by atoms with Gasteiger partial charge in [-0.3, -0.25) is 0 Å². The highest BCUT2D eigenvalue weighted by molar-refractivity contribution is 7.89. The fourth-order valence-electron chi connectivity index (χ4n) is 2.51. The van der Waals surface area contributed by atoms with Crippen molar-refractivity contribution in [1.82, 2.24) is 4.31 Å². The minimum Gasteiger partial charge on any atom is -0.381 e. The van der Waals surface area contributed by atoms with E-state index in [9.17, 15) is 8.42 Å². The van der Waals surface area contributed by atoms with Gasteiger partial charge in [0.25, 0.3) is 0 Å². The van der Waals surface area contributed by atoms with E-state index in [1.54, 1.807) is 33.3 Å². The van der Waals surface area contributed by atoms with Crippen LogP contribution in [0.1, 0.15) is 19.3 Å². The summed E-state index contributed by atoms with van der Waals surface area (Å²) in [4.78, 5) is 0.325. The van der Waals surface area contributed by atoms with Gasteiger partial charge in [-0.2, -0.15) is 0 Å². The number of anilines is 1. The molecule has 0 aliphatic heterocycles. The smallest absolute Gasteiger partial charge is 0.244 e. The van der Waals surface area contributed by atoms with E-state index in [1.165, 1.54) is 4.31 Å². The molecule has 2 unspecified atom stereocenters. The SMILES string of the molecule is COC1CCC(Nc2ccccc2S(=O)(=O)N(C)C)C1. The third kappa shape index (κ3) is 3.13. The summed E-state index contributed by atoms with van der Waals surface area (Å²) in [7, 11) is 1.38. The third-order valence-corrected chi connectivity index (χ3v) is 5.60. The lowest BCUT2D eigenvalue weighted by molar-refractivity contribution is 0.108. The van der Waals surface area contributed by atoms with Crippen molar-refractivity contribution in [1.29, 1.82) is 0 Å². The Morgan fingerprint density at radius 3 is 2.55 bits per heavy atom. The molecule has 0 heterocycles. The fourth-order valence-corrected chi connectivity index (χ4v) is 3.56. The van der Waals surface area contributed by atoms with E-state index in [4.69, 9.17) is 4.74 Å². The minimum absolute atomic E-state index is 0.262. The van der Waals surface area contributed by atoms with Crippen LogP contribution in [0.3, 0.4) is 0 Å². The molecule has 1 fully saturated rings. The van der Waals surface area contributed by atoms with Crippen molar-refractivity contribution in [2.75, 3.05) is 26.5 Å². The number of ether oxygens (including phenoxy) is 1. The van der Waals surface area contributed by atoms with Crippen LogP contribution in [0.15, 0.2) is 29.2 Å². The Morgan fingerprint density at radius 1 is 1.25 bits per heavy atom. The van der Waals surface area contributed by atoms with E-state index in [0.29, 0.717) is 10.6 Å². The molecule has 1 aromatic carbocycles. The van der Waals surface area contributed by atoms with Crippen LogP contribution in [0, 0.1) is 0 Å². The number of hydrogen-bond donors (Lipinski definition) is 1. The van der Waals surface area contributed by atoms with Gasteiger partial charge in [-0.05, 0) is 31.4 Å². The first kappa shape index (κ1) is 15.3. The van der Waals surface area contributed by atoms with Crippen molar-refractivity contribution < 1.29 is 13.2 Å². The van der Waals surface area contributed by atoms with E-state index in [2.05, 4.69) is 5.32 Å². The highest BCUT2D eigenvalue weighted by Gasteiger charge is 2.27. The van der Waals surface area contributed by atoms with Crippen LogP contribution in [0.4, 0.5) is 5.69 Å². The third-order valence-electron chi connectivity index (χ3n) is 3.72. The summed E-state index contributed by atoms with van der Waals surface area (Å²) in [6.45, 7) is 0. The highest BCUT2D eigenvalue weighted by Crippen LogP contribution is 2.29.